The highest BCUT2D eigenvalue weighted by molar-refractivity contribution is 7.80. The molecule has 1 unspecified atom stereocenters. The number of halogens is 1. The first-order chi connectivity index (χ1) is 9.10. The number of benzene rings is 1. The molecule has 1 heterocycles. The van der Waals surface area contributed by atoms with Crippen molar-refractivity contribution in [2.45, 2.75) is 32.7 Å². The molecule has 1 fully saturated rings. The van der Waals surface area contributed by atoms with E-state index in [4.69, 9.17) is 18.0 Å². The lowest BCUT2D eigenvalue weighted by molar-refractivity contribution is 0.164. The number of nitrogens with two attached hydrogens (primary N) is 1. The van der Waals surface area contributed by atoms with Gasteiger partial charge in [0.2, 0.25) is 0 Å². The summed E-state index contributed by atoms with van der Waals surface area (Å²) < 4.78 is 13.3. The van der Waals surface area contributed by atoms with Crippen molar-refractivity contribution in [2.75, 3.05) is 13.1 Å². The molecule has 0 radical (unpaired) electrons. The number of likely N-dealkylation sites (tertiary alicyclic amines) is 1. The lowest BCUT2D eigenvalue weighted by Crippen LogP contribution is -2.35. The lowest BCUT2D eigenvalue weighted by Gasteiger charge is -2.32. The summed E-state index contributed by atoms with van der Waals surface area (Å²) in [5.74, 6) is 0.499. The van der Waals surface area contributed by atoms with Crippen molar-refractivity contribution in [3.8, 4) is 0 Å². The zero-order valence-electron chi connectivity index (χ0n) is 11.4. The summed E-state index contributed by atoms with van der Waals surface area (Å²) >= 11 is 5.02. The monoisotopic (exact) mass is 280 g/mol. The number of hydrogen-bond donors (Lipinski definition) is 1. The largest absolute Gasteiger partial charge is 0.389 e. The smallest absolute Gasteiger partial charge is 0.123 e. The molecule has 1 aromatic rings. The normalized spacial score (nSPS) is 20.4. The Kier molecular flexibility index (Phi) is 4.88. The molecule has 0 bridgehead atoms. The molecule has 0 aliphatic carbocycles. The van der Waals surface area contributed by atoms with Gasteiger partial charge < -0.3 is 5.73 Å². The van der Waals surface area contributed by atoms with Crippen LogP contribution in [0.25, 0.3) is 0 Å². The molecule has 4 heteroatoms. The predicted octanol–water partition coefficient (Wildman–Crippen LogP) is 3.08. The summed E-state index contributed by atoms with van der Waals surface area (Å²) in [6, 6.07) is 4.73. The molecular formula is C15H21FN2S. The van der Waals surface area contributed by atoms with Gasteiger partial charge in [-0.15, -0.1) is 0 Å². The summed E-state index contributed by atoms with van der Waals surface area (Å²) in [4.78, 5) is 2.70. The van der Waals surface area contributed by atoms with Crippen LogP contribution in [0.4, 0.5) is 4.39 Å². The van der Waals surface area contributed by atoms with Crippen LogP contribution in [0, 0.1) is 11.7 Å². The second kappa shape index (κ2) is 6.44. The Morgan fingerprint density at radius 3 is 3.00 bits per heavy atom. The van der Waals surface area contributed by atoms with Crippen molar-refractivity contribution in [2.24, 2.45) is 11.7 Å². The second-order valence-electron chi connectivity index (χ2n) is 5.32. The van der Waals surface area contributed by atoms with Gasteiger partial charge in [0.25, 0.3) is 0 Å². The molecule has 0 aromatic heterocycles. The summed E-state index contributed by atoms with van der Waals surface area (Å²) in [6.07, 6.45) is 3.78. The Balaban J connectivity index is 2.12. The molecule has 19 heavy (non-hydrogen) atoms. The third-order valence-electron chi connectivity index (χ3n) is 3.91. The maximum absolute atomic E-state index is 13.3. The van der Waals surface area contributed by atoms with Gasteiger partial charge in [0.15, 0.2) is 0 Å². The maximum atomic E-state index is 13.3. The highest BCUT2D eigenvalue weighted by Crippen LogP contribution is 2.22. The standard InChI is InChI=1S/C15H21FN2S/c1-2-11-4-3-7-18(9-11)10-12-5-6-13(16)8-14(12)15(17)19/h5-6,8,11H,2-4,7,9-10H2,1H3,(H2,17,19). The van der Waals surface area contributed by atoms with E-state index in [1.807, 2.05) is 0 Å². The van der Waals surface area contributed by atoms with Crippen LogP contribution < -0.4 is 5.73 Å². The Morgan fingerprint density at radius 2 is 2.32 bits per heavy atom. The maximum Gasteiger partial charge on any atom is 0.123 e. The molecule has 0 saturated carbocycles. The van der Waals surface area contributed by atoms with Crippen LogP contribution in [0.3, 0.4) is 0 Å². The summed E-state index contributed by atoms with van der Waals surface area (Å²) in [5, 5.41) is 0. The van der Waals surface area contributed by atoms with Gasteiger partial charge in [-0.3, -0.25) is 4.90 Å². The van der Waals surface area contributed by atoms with E-state index in [9.17, 15) is 4.39 Å². The van der Waals surface area contributed by atoms with Gasteiger partial charge in [0.05, 0.1) is 0 Å². The average molecular weight is 280 g/mol. The van der Waals surface area contributed by atoms with Crippen LogP contribution in [0.15, 0.2) is 18.2 Å². The SMILES string of the molecule is CCC1CCCN(Cc2ccc(F)cc2C(N)=S)C1. The van der Waals surface area contributed by atoms with Crippen LogP contribution >= 0.6 is 12.2 Å². The quantitative estimate of drug-likeness (QED) is 0.859. The molecule has 104 valence electrons. The fourth-order valence-electron chi connectivity index (χ4n) is 2.78. The minimum absolute atomic E-state index is 0.276. The topological polar surface area (TPSA) is 29.3 Å². The molecule has 1 aromatic carbocycles. The number of nitrogens with zero attached hydrogens (tertiary/aromatic N) is 1. The first-order valence-electron chi connectivity index (χ1n) is 6.90. The van der Waals surface area contributed by atoms with Crippen molar-refractivity contribution >= 4 is 17.2 Å². The molecule has 2 rings (SSSR count). The van der Waals surface area contributed by atoms with Gasteiger partial charge in [-0.05, 0) is 43.0 Å². The Labute approximate surface area is 119 Å². The van der Waals surface area contributed by atoms with Crippen LogP contribution in [0.1, 0.15) is 37.3 Å². The van der Waals surface area contributed by atoms with Crippen molar-refractivity contribution in [1.29, 1.82) is 0 Å². The van der Waals surface area contributed by atoms with Gasteiger partial charge in [-0.1, -0.05) is 31.6 Å². The van der Waals surface area contributed by atoms with Gasteiger partial charge >= 0.3 is 0 Å². The van der Waals surface area contributed by atoms with Crippen LogP contribution in [0.2, 0.25) is 0 Å². The van der Waals surface area contributed by atoms with E-state index in [2.05, 4.69) is 11.8 Å². The van der Waals surface area contributed by atoms with E-state index in [0.29, 0.717) is 5.56 Å². The minimum atomic E-state index is -0.281. The second-order valence-corrected chi connectivity index (χ2v) is 5.76. The predicted molar refractivity (Wildman–Crippen MR) is 80.6 cm³/mol. The molecule has 2 nitrogen and oxygen atoms in total. The number of rotatable bonds is 4. The number of thiocarbonyl (C=S) groups is 1. The average Bonchev–Trinajstić information content (AvgIpc) is 2.41. The van der Waals surface area contributed by atoms with Gasteiger partial charge in [0.1, 0.15) is 10.8 Å². The summed E-state index contributed by atoms with van der Waals surface area (Å²) in [5.41, 5.74) is 7.40. The van der Waals surface area contributed by atoms with Crippen LogP contribution in [-0.4, -0.2) is 23.0 Å². The Bertz CT molecular complexity index is 461. The van der Waals surface area contributed by atoms with Gasteiger partial charge in [-0.25, -0.2) is 4.39 Å². The zero-order chi connectivity index (χ0) is 13.8. The summed E-state index contributed by atoms with van der Waals surface area (Å²) in [6.45, 7) is 5.27. The Hall–Kier alpha value is -1.00. The molecule has 1 atom stereocenters. The fourth-order valence-corrected chi connectivity index (χ4v) is 2.97. The van der Waals surface area contributed by atoms with Crippen molar-refractivity contribution in [3.63, 3.8) is 0 Å². The van der Waals surface area contributed by atoms with Crippen molar-refractivity contribution in [1.82, 2.24) is 4.90 Å². The van der Waals surface area contributed by atoms with E-state index in [0.717, 1.165) is 31.1 Å². The lowest BCUT2D eigenvalue weighted by atomic mass is 9.95. The van der Waals surface area contributed by atoms with E-state index >= 15 is 0 Å². The van der Waals surface area contributed by atoms with Gasteiger partial charge in [-0.2, -0.15) is 0 Å². The van der Waals surface area contributed by atoms with Crippen molar-refractivity contribution < 1.29 is 4.39 Å². The molecule has 1 aliphatic heterocycles. The van der Waals surface area contributed by atoms with E-state index in [1.165, 1.54) is 31.4 Å². The van der Waals surface area contributed by atoms with Gasteiger partial charge in [0, 0.05) is 18.7 Å². The molecule has 1 saturated heterocycles. The first kappa shape index (κ1) is 14.4. The number of piperidine rings is 1. The van der Waals surface area contributed by atoms with Crippen molar-refractivity contribution in [3.05, 3.63) is 35.1 Å². The van der Waals surface area contributed by atoms with Crippen LogP contribution in [-0.2, 0) is 6.54 Å². The van der Waals surface area contributed by atoms with E-state index in [-0.39, 0.29) is 10.8 Å². The summed E-state index contributed by atoms with van der Waals surface area (Å²) in [7, 11) is 0. The Morgan fingerprint density at radius 1 is 1.53 bits per heavy atom. The first-order valence-corrected chi connectivity index (χ1v) is 7.31. The number of hydrogen-bond acceptors (Lipinski definition) is 2. The van der Waals surface area contributed by atoms with E-state index < -0.39 is 0 Å². The molecule has 0 spiro atoms. The van der Waals surface area contributed by atoms with Crippen LogP contribution in [0.5, 0.6) is 0 Å². The molecule has 0 amide bonds. The minimum Gasteiger partial charge on any atom is -0.389 e. The third kappa shape index (κ3) is 3.74. The molecule has 1 aliphatic rings. The molecular weight excluding hydrogens is 259 g/mol. The van der Waals surface area contributed by atoms with E-state index in [1.54, 1.807) is 6.07 Å². The molecule has 2 N–H and O–H groups in total. The highest BCUT2D eigenvalue weighted by atomic mass is 32.1. The third-order valence-corrected chi connectivity index (χ3v) is 4.13. The highest BCUT2D eigenvalue weighted by Gasteiger charge is 2.19. The fraction of sp³-hybridized carbons (Fsp3) is 0.533. The zero-order valence-corrected chi connectivity index (χ0v) is 12.2.